The van der Waals surface area contributed by atoms with Gasteiger partial charge < -0.3 is 15.0 Å². The lowest BCUT2D eigenvalue weighted by atomic mass is 10.2. The second kappa shape index (κ2) is 7.82. The minimum atomic E-state index is -0.455. The van der Waals surface area contributed by atoms with Crippen LogP contribution in [-0.2, 0) is 9.53 Å². The van der Waals surface area contributed by atoms with Crippen molar-refractivity contribution in [2.75, 3.05) is 11.9 Å². The molecule has 0 bridgehead atoms. The SMILES string of the molecule is CCOC(=O)c1cnc(SC(C)C(=O)Nc2ccc(C)cc2)[nH]1. The Bertz CT molecular complexity index is 682. The van der Waals surface area contributed by atoms with Gasteiger partial charge >= 0.3 is 5.97 Å². The summed E-state index contributed by atoms with van der Waals surface area (Å²) in [6, 6.07) is 7.59. The van der Waals surface area contributed by atoms with Gasteiger partial charge in [0.05, 0.1) is 18.1 Å². The van der Waals surface area contributed by atoms with E-state index in [2.05, 4.69) is 15.3 Å². The highest BCUT2D eigenvalue weighted by atomic mass is 32.2. The predicted molar refractivity (Wildman–Crippen MR) is 89.7 cm³/mol. The molecule has 0 saturated carbocycles. The maximum Gasteiger partial charge on any atom is 0.356 e. The number of nitrogens with zero attached hydrogens (tertiary/aromatic N) is 1. The van der Waals surface area contributed by atoms with Crippen LogP contribution in [-0.4, -0.2) is 33.7 Å². The molecule has 2 aromatic rings. The molecule has 6 nitrogen and oxygen atoms in total. The number of carbonyl (C=O) groups is 2. The van der Waals surface area contributed by atoms with E-state index in [1.165, 1.54) is 18.0 Å². The van der Waals surface area contributed by atoms with Crippen LogP contribution in [0.2, 0.25) is 0 Å². The molecule has 0 aliphatic carbocycles. The van der Waals surface area contributed by atoms with E-state index in [0.29, 0.717) is 11.8 Å². The van der Waals surface area contributed by atoms with Gasteiger partial charge in [-0.2, -0.15) is 0 Å². The quantitative estimate of drug-likeness (QED) is 0.627. The van der Waals surface area contributed by atoms with Crippen LogP contribution in [0.3, 0.4) is 0 Å². The average Bonchev–Trinajstić information content (AvgIpc) is 2.98. The lowest BCUT2D eigenvalue weighted by Crippen LogP contribution is -2.22. The molecule has 23 heavy (non-hydrogen) atoms. The summed E-state index contributed by atoms with van der Waals surface area (Å²) in [5, 5.41) is 2.98. The Morgan fingerprint density at radius 2 is 2.04 bits per heavy atom. The maximum atomic E-state index is 12.2. The van der Waals surface area contributed by atoms with E-state index in [1.807, 2.05) is 31.2 Å². The average molecular weight is 333 g/mol. The Morgan fingerprint density at radius 3 is 2.70 bits per heavy atom. The summed E-state index contributed by atoms with van der Waals surface area (Å²) in [7, 11) is 0. The van der Waals surface area contributed by atoms with E-state index in [0.717, 1.165) is 11.3 Å². The first-order valence-corrected chi connectivity index (χ1v) is 8.14. The zero-order valence-corrected chi connectivity index (χ0v) is 14.1. The standard InChI is InChI=1S/C16H19N3O3S/c1-4-22-15(21)13-9-17-16(19-13)23-11(3)14(20)18-12-7-5-10(2)6-8-12/h5-9,11H,4H2,1-3H3,(H,17,19)(H,18,20). The molecule has 2 rings (SSSR count). The van der Waals surface area contributed by atoms with Gasteiger partial charge in [0.15, 0.2) is 5.16 Å². The van der Waals surface area contributed by atoms with E-state index in [1.54, 1.807) is 13.8 Å². The third-order valence-electron chi connectivity index (χ3n) is 3.02. The molecule has 0 fully saturated rings. The van der Waals surface area contributed by atoms with Crippen molar-refractivity contribution in [3.63, 3.8) is 0 Å². The topological polar surface area (TPSA) is 84.1 Å². The van der Waals surface area contributed by atoms with Gasteiger partial charge in [-0.15, -0.1) is 0 Å². The number of hydrogen-bond acceptors (Lipinski definition) is 5. The normalized spacial score (nSPS) is 11.8. The van der Waals surface area contributed by atoms with Crippen molar-refractivity contribution in [2.45, 2.75) is 31.2 Å². The number of aryl methyl sites for hydroxylation is 1. The largest absolute Gasteiger partial charge is 0.461 e. The molecular weight excluding hydrogens is 314 g/mol. The summed E-state index contributed by atoms with van der Waals surface area (Å²) in [6.45, 7) is 5.81. The number of amides is 1. The summed E-state index contributed by atoms with van der Waals surface area (Å²) in [5.41, 5.74) is 2.16. The number of thioether (sulfide) groups is 1. The Morgan fingerprint density at radius 1 is 1.35 bits per heavy atom. The molecule has 1 heterocycles. The number of aromatic amines is 1. The van der Waals surface area contributed by atoms with Gasteiger partial charge in [0.2, 0.25) is 5.91 Å². The molecule has 1 aromatic carbocycles. The van der Waals surface area contributed by atoms with Crippen LogP contribution in [0.15, 0.2) is 35.6 Å². The third kappa shape index (κ3) is 4.85. The van der Waals surface area contributed by atoms with Crippen molar-refractivity contribution in [3.05, 3.63) is 41.7 Å². The first kappa shape index (κ1) is 17.1. The predicted octanol–water partition coefficient (Wildman–Crippen LogP) is 3.01. The molecule has 0 aliphatic heterocycles. The van der Waals surface area contributed by atoms with Gasteiger partial charge in [-0.1, -0.05) is 29.5 Å². The molecule has 1 unspecified atom stereocenters. The van der Waals surface area contributed by atoms with Crippen LogP contribution in [0.25, 0.3) is 0 Å². The minimum absolute atomic E-state index is 0.132. The van der Waals surface area contributed by atoms with Crippen LogP contribution < -0.4 is 5.32 Å². The third-order valence-corrected chi connectivity index (χ3v) is 4.02. The van der Waals surface area contributed by atoms with Crippen molar-refractivity contribution in [1.29, 1.82) is 0 Å². The van der Waals surface area contributed by atoms with Gasteiger partial charge in [-0.3, -0.25) is 4.79 Å². The van der Waals surface area contributed by atoms with Crippen LogP contribution in [0.5, 0.6) is 0 Å². The molecule has 1 amide bonds. The summed E-state index contributed by atoms with van der Waals surface area (Å²) in [6.07, 6.45) is 1.41. The zero-order chi connectivity index (χ0) is 16.8. The number of rotatable bonds is 6. The molecule has 0 aliphatic rings. The van der Waals surface area contributed by atoms with Crippen molar-refractivity contribution >= 4 is 29.3 Å². The number of H-pyrrole nitrogens is 1. The number of imidazole rings is 1. The lowest BCUT2D eigenvalue weighted by Gasteiger charge is -2.10. The van der Waals surface area contributed by atoms with E-state index in [4.69, 9.17) is 4.74 Å². The maximum absolute atomic E-state index is 12.2. The van der Waals surface area contributed by atoms with Gasteiger partial charge in [0.1, 0.15) is 5.69 Å². The Kier molecular flexibility index (Phi) is 5.81. The van der Waals surface area contributed by atoms with Crippen LogP contribution in [0.4, 0.5) is 5.69 Å². The van der Waals surface area contributed by atoms with Crippen LogP contribution >= 0.6 is 11.8 Å². The number of benzene rings is 1. The summed E-state index contributed by atoms with van der Waals surface area (Å²) < 4.78 is 4.88. The van der Waals surface area contributed by atoms with E-state index < -0.39 is 5.97 Å². The van der Waals surface area contributed by atoms with E-state index in [-0.39, 0.29) is 16.9 Å². The van der Waals surface area contributed by atoms with E-state index >= 15 is 0 Å². The minimum Gasteiger partial charge on any atom is -0.461 e. The highest BCUT2D eigenvalue weighted by molar-refractivity contribution is 8.00. The van der Waals surface area contributed by atoms with Gasteiger partial charge in [-0.25, -0.2) is 9.78 Å². The molecule has 2 N–H and O–H groups in total. The van der Waals surface area contributed by atoms with Crippen molar-refractivity contribution in [2.24, 2.45) is 0 Å². The highest BCUT2D eigenvalue weighted by Gasteiger charge is 2.18. The number of esters is 1. The number of hydrogen-bond donors (Lipinski definition) is 2. The first-order chi connectivity index (χ1) is 11.0. The zero-order valence-electron chi connectivity index (χ0n) is 13.3. The molecule has 122 valence electrons. The van der Waals surface area contributed by atoms with E-state index in [9.17, 15) is 9.59 Å². The Balaban J connectivity index is 1.93. The van der Waals surface area contributed by atoms with Crippen molar-refractivity contribution < 1.29 is 14.3 Å². The molecule has 7 heteroatoms. The Hall–Kier alpha value is -2.28. The smallest absolute Gasteiger partial charge is 0.356 e. The number of anilines is 1. The molecule has 0 spiro atoms. The van der Waals surface area contributed by atoms with Gasteiger partial charge in [0.25, 0.3) is 0 Å². The first-order valence-electron chi connectivity index (χ1n) is 7.26. The van der Waals surface area contributed by atoms with Crippen molar-refractivity contribution in [1.82, 2.24) is 9.97 Å². The summed E-state index contributed by atoms with van der Waals surface area (Å²) in [4.78, 5) is 30.7. The lowest BCUT2D eigenvalue weighted by molar-refractivity contribution is -0.115. The number of ether oxygens (including phenoxy) is 1. The molecule has 0 saturated heterocycles. The number of nitrogens with one attached hydrogen (secondary N) is 2. The summed E-state index contributed by atoms with van der Waals surface area (Å²) >= 11 is 1.24. The van der Waals surface area contributed by atoms with Crippen molar-refractivity contribution in [3.8, 4) is 0 Å². The van der Waals surface area contributed by atoms with Crippen LogP contribution in [0.1, 0.15) is 29.9 Å². The molecule has 0 radical (unpaired) electrons. The Labute approximate surface area is 139 Å². The fraction of sp³-hybridized carbons (Fsp3) is 0.312. The fourth-order valence-electron chi connectivity index (χ4n) is 1.78. The summed E-state index contributed by atoms with van der Waals surface area (Å²) in [5.74, 6) is -0.587. The molecular formula is C16H19N3O3S. The van der Waals surface area contributed by atoms with Crippen LogP contribution in [0, 0.1) is 6.92 Å². The molecule has 1 aromatic heterocycles. The fourth-order valence-corrected chi connectivity index (χ4v) is 2.56. The second-order valence-electron chi connectivity index (χ2n) is 4.94. The number of aromatic nitrogens is 2. The highest BCUT2D eigenvalue weighted by Crippen LogP contribution is 2.21. The second-order valence-corrected chi connectivity index (χ2v) is 6.27. The van der Waals surface area contributed by atoms with Gasteiger partial charge in [-0.05, 0) is 32.9 Å². The van der Waals surface area contributed by atoms with Gasteiger partial charge in [0, 0.05) is 5.69 Å². The number of carbonyl (C=O) groups excluding carboxylic acids is 2. The molecule has 1 atom stereocenters. The monoisotopic (exact) mass is 333 g/mol.